The van der Waals surface area contributed by atoms with E-state index in [1.165, 1.54) is 12.3 Å². The molecule has 36 heavy (non-hydrogen) atoms. The fourth-order valence-electron chi connectivity index (χ4n) is 3.57. The van der Waals surface area contributed by atoms with Crippen molar-refractivity contribution in [3.63, 3.8) is 0 Å². The molecular weight excluding hydrogens is 484 g/mol. The van der Waals surface area contributed by atoms with Gasteiger partial charge >= 0.3 is 5.97 Å². The molecule has 0 aliphatic heterocycles. The third-order valence-electron chi connectivity index (χ3n) is 5.28. The monoisotopic (exact) mass is 506 g/mol. The zero-order valence-electron chi connectivity index (χ0n) is 18.9. The number of carboxylic acid groups (broad SMARTS) is 1. The molecule has 10 nitrogen and oxygen atoms in total. The van der Waals surface area contributed by atoms with Gasteiger partial charge in [0.25, 0.3) is 10.1 Å². The first kappa shape index (κ1) is 24.8. The number of nitrogens with zero attached hydrogens (tertiary/aromatic N) is 3. The minimum Gasteiger partial charge on any atom is -0.493 e. The lowest BCUT2D eigenvalue weighted by Gasteiger charge is -2.11. The van der Waals surface area contributed by atoms with Crippen LogP contribution in [0.25, 0.3) is 22.0 Å². The average molecular weight is 507 g/mol. The van der Waals surface area contributed by atoms with Gasteiger partial charge in [0, 0.05) is 22.8 Å². The van der Waals surface area contributed by atoms with Crippen molar-refractivity contribution in [2.75, 3.05) is 12.3 Å². The quantitative estimate of drug-likeness (QED) is 0.118. The molecule has 0 spiro atoms. The fourth-order valence-corrected chi connectivity index (χ4v) is 4.29. The lowest BCUT2D eigenvalue weighted by molar-refractivity contribution is -0.137. The molecule has 0 saturated heterocycles. The molecule has 0 atom stereocenters. The van der Waals surface area contributed by atoms with Crippen LogP contribution >= 0.6 is 0 Å². The van der Waals surface area contributed by atoms with Crippen LogP contribution in [0.4, 0.5) is 17.1 Å². The highest BCUT2D eigenvalue weighted by Crippen LogP contribution is 2.37. The summed E-state index contributed by atoms with van der Waals surface area (Å²) in [5.74, 6) is -0.301. The van der Waals surface area contributed by atoms with Crippen LogP contribution in [-0.4, -0.2) is 35.6 Å². The van der Waals surface area contributed by atoms with E-state index in [2.05, 4.69) is 15.2 Å². The summed E-state index contributed by atoms with van der Waals surface area (Å²) in [5.41, 5.74) is 8.23. The van der Waals surface area contributed by atoms with Crippen molar-refractivity contribution >= 4 is 43.9 Å². The normalized spacial score (nSPS) is 11.7. The van der Waals surface area contributed by atoms with Crippen LogP contribution in [0.2, 0.25) is 0 Å². The van der Waals surface area contributed by atoms with Crippen molar-refractivity contribution in [2.24, 2.45) is 10.2 Å². The van der Waals surface area contributed by atoms with Crippen molar-refractivity contribution in [3.05, 3.63) is 72.9 Å². The Hall–Kier alpha value is -4.35. The Morgan fingerprint density at radius 2 is 1.72 bits per heavy atom. The Bertz CT molecular complexity index is 1550. The van der Waals surface area contributed by atoms with Crippen LogP contribution in [0.3, 0.4) is 0 Å². The number of nitrogen functional groups attached to an aromatic ring is 1. The molecule has 0 radical (unpaired) electrons. The highest BCUT2D eigenvalue weighted by Gasteiger charge is 2.18. The third kappa shape index (κ3) is 5.65. The second-order valence-corrected chi connectivity index (χ2v) is 9.16. The number of carbonyl (C=O) groups is 1. The number of nitrogens with two attached hydrogens (primary N) is 1. The van der Waals surface area contributed by atoms with E-state index in [4.69, 9.17) is 15.6 Å². The number of anilines is 1. The van der Waals surface area contributed by atoms with Gasteiger partial charge < -0.3 is 15.6 Å². The largest absolute Gasteiger partial charge is 0.493 e. The smallest absolute Gasteiger partial charge is 0.303 e. The molecule has 0 fully saturated rings. The number of aliphatic carboxylic acids is 1. The molecule has 4 N–H and O–H groups in total. The predicted octanol–water partition coefficient (Wildman–Crippen LogP) is 5.39. The SMILES string of the molecule is Nc1c(N=Nc2ccc(-c3ccccc3OCCCC(=O)O)nc2)cc(S(=O)(=O)O)c2ccccc12. The molecule has 3 aromatic carbocycles. The minimum atomic E-state index is -4.52. The summed E-state index contributed by atoms with van der Waals surface area (Å²) in [6.45, 7) is 0.258. The number of aromatic nitrogens is 1. The van der Waals surface area contributed by atoms with Crippen LogP contribution in [-0.2, 0) is 14.9 Å². The molecule has 4 aromatic rings. The Morgan fingerprint density at radius 3 is 2.42 bits per heavy atom. The molecule has 0 bridgehead atoms. The summed E-state index contributed by atoms with van der Waals surface area (Å²) >= 11 is 0. The van der Waals surface area contributed by atoms with Gasteiger partial charge in [0.2, 0.25) is 0 Å². The number of para-hydroxylation sites is 1. The van der Waals surface area contributed by atoms with Crippen LogP contribution in [0.1, 0.15) is 12.8 Å². The minimum absolute atomic E-state index is 0.0214. The highest BCUT2D eigenvalue weighted by atomic mass is 32.2. The van der Waals surface area contributed by atoms with Crippen molar-refractivity contribution < 1.29 is 27.6 Å². The molecule has 0 aliphatic carbocycles. The molecule has 0 aliphatic rings. The molecule has 1 aromatic heterocycles. The molecule has 0 amide bonds. The zero-order valence-corrected chi connectivity index (χ0v) is 19.7. The van der Waals surface area contributed by atoms with Gasteiger partial charge in [0.15, 0.2) is 0 Å². The van der Waals surface area contributed by atoms with Gasteiger partial charge in [-0.15, -0.1) is 10.2 Å². The van der Waals surface area contributed by atoms with Crippen LogP contribution in [0.15, 0.2) is 88.1 Å². The topological polar surface area (TPSA) is 165 Å². The Kier molecular flexibility index (Phi) is 7.23. The first-order valence-corrected chi connectivity index (χ1v) is 12.3. The second kappa shape index (κ2) is 10.5. The van der Waals surface area contributed by atoms with E-state index in [1.807, 2.05) is 18.2 Å². The molecule has 1 heterocycles. The van der Waals surface area contributed by atoms with Gasteiger partial charge in [-0.05, 0) is 36.8 Å². The van der Waals surface area contributed by atoms with E-state index in [0.717, 1.165) is 5.56 Å². The van der Waals surface area contributed by atoms with Gasteiger partial charge in [-0.25, -0.2) is 0 Å². The molecule has 11 heteroatoms. The number of hydrogen-bond acceptors (Lipinski definition) is 8. The van der Waals surface area contributed by atoms with Gasteiger partial charge in [0.1, 0.15) is 22.0 Å². The lowest BCUT2D eigenvalue weighted by atomic mass is 10.1. The van der Waals surface area contributed by atoms with Crippen LogP contribution in [0, 0.1) is 0 Å². The van der Waals surface area contributed by atoms with Crippen molar-refractivity contribution in [3.8, 4) is 17.0 Å². The van der Waals surface area contributed by atoms with Gasteiger partial charge in [-0.3, -0.25) is 14.3 Å². The Labute approximate surface area is 206 Å². The number of azo groups is 1. The number of carboxylic acids is 1. The number of ether oxygens (including phenoxy) is 1. The Morgan fingerprint density at radius 1 is 1.00 bits per heavy atom. The van der Waals surface area contributed by atoms with Crippen molar-refractivity contribution in [1.82, 2.24) is 4.98 Å². The number of pyridine rings is 1. The first-order chi connectivity index (χ1) is 17.2. The van der Waals surface area contributed by atoms with Gasteiger partial charge in [0.05, 0.1) is 24.2 Å². The number of hydrogen-bond donors (Lipinski definition) is 3. The van der Waals surface area contributed by atoms with E-state index in [-0.39, 0.29) is 34.7 Å². The van der Waals surface area contributed by atoms with Crippen molar-refractivity contribution in [1.29, 1.82) is 0 Å². The first-order valence-electron chi connectivity index (χ1n) is 10.8. The maximum Gasteiger partial charge on any atom is 0.303 e. The van der Waals surface area contributed by atoms with E-state index >= 15 is 0 Å². The summed E-state index contributed by atoms with van der Waals surface area (Å²) in [6, 6.07) is 18.4. The summed E-state index contributed by atoms with van der Waals surface area (Å²) < 4.78 is 39.2. The second-order valence-electron chi connectivity index (χ2n) is 7.77. The molecule has 0 saturated carbocycles. The standard InChI is InChI=1S/C25H22N4O6S/c26-25-18-7-2-1-6-17(18)23(36(32,33)34)14-21(25)29-28-16-11-12-20(27-15-16)19-8-3-4-9-22(19)35-13-5-10-24(30)31/h1-4,6-9,11-12,14-15H,5,10,13,26H2,(H,30,31)(H,32,33,34). The maximum absolute atomic E-state index is 11.9. The van der Waals surface area contributed by atoms with Crippen LogP contribution in [0.5, 0.6) is 5.75 Å². The molecule has 0 unspecified atom stereocenters. The van der Waals surface area contributed by atoms with E-state index < -0.39 is 16.1 Å². The van der Waals surface area contributed by atoms with Gasteiger partial charge in [-0.2, -0.15) is 8.42 Å². The summed E-state index contributed by atoms with van der Waals surface area (Å²) in [6.07, 6.45) is 1.89. The predicted molar refractivity (Wildman–Crippen MR) is 134 cm³/mol. The molecular formula is C25H22N4O6S. The molecule has 4 rings (SSSR count). The molecule has 184 valence electrons. The van der Waals surface area contributed by atoms with E-state index in [9.17, 15) is 17.8 Å². The third-order valence-corrected chi connectivity index (χ3v) is 6.17. The summed E-state index contributed by atoms with van der Waals surface area (Å²) in [4.78, 5) is 14.8. The average Bonchev–Trinajstić information content (AvgIpc) is 2.86. The summed E-state index contributed by atoms with van der Waals surface area (Å²) in [5, 5.41) is 17.7. The lowest BCUT2D eigenvalue weighted by Crippen LogP contribution is -2.03. The highest BCUT2D eigenvalue weighted by molar-refractivity contribution is 7.86. The van der Waals surface area contributed by atoms with Crippen molar-refractivity contribution in [2.45, 2.75) is 17.7 Å². The number of fused-ring (bicyclic) bond motifs is 1. The van der Waals surface area contributed by atoms with E-state index in [1.54, 1.807) is 42.5 Å². The zero-order chi connectivity index (χ0) is 25.7. The summed E-state index contributed by atoms with van der Waals surface area (Å²) in [7, 11) is -4.52. The van der Waals surface area contributed by atoms with E-state index in [0.29, 0.717) is 28.9 Å². The van der Waals surface area contributed by atoms with Gasteiger partial charge in [-0.1, -0.05) is 36.4 Å². The Balaban J connectivity index is 1.58. The maximum atomic E-state index is 11.9. The number of benzene rings is 3. The fraction of sp³-hybridized carbons (Fsp3) is 0.120. The number of rotatable bonds is 9. The van der Waals surface area contributed by atoms with Crippen LogP contribution < -0.4 is 10.5 Å².